The van der Waals surface area contributed by atoms with E-state index in [0.717, 1.165) is 47.7 Å². The number of piperidine rings is 1. The van der Waals surface area contributed by atoms with Crippen molar-refractivity contribution in [2.75, 3.05) is 18.4 Å². The van der Waals surface area contributed by atoms with Crippen molar-refractivity contribution in [1.82, 2.24) is 29.7 Å². The van der Waals surface area contributed by atoms with Crippen LogP contribution in [-0.4, -0.2) is 48.8 Å². The molecule has 0 spiro atoms. The largest absolute Gasteiger partial charge is 0.322 e. The molecule has 1 fully saturated rings. The molecule has 146 valence electrons. The fourth-order valence-electron chi connectivity index (χ4n) is 3.81. The Kier molecular flexibility index (Phi) is 4.85. The van der Waals surface area contributed by atoms with Crippen molar-refractivity contribution in [2.24, 2.45) is 0 Å². The smallest absolute Gasteiger partial charge is 0.322 e. The molecule has 2 amide bonds. The number of hydrogen-bond acceptors (Lipinski definition) is 4. The van der Waals surface area contributed by atoms with Crippen LogP contribution in [0.15, 0.2) is 36.7 Å². The van der Waals surface area contributed by atoms with Crippen molar-refractivity contribution in [2.45, 2.75) is 39.7 Å². The Morgan fingerprint density at radius 1 is 1.21 bits per heavy atom. The number of carbonyl (C=O) groups excluding carboxylic acids is 1. The summed E-state index contributed by atoms with van der Waals surface area (Å²) in [6.45, 7) is 7.32. The molecule has 28 heavy (non-hydrogen) atoms. The Balaban J connectivity index is 1.53. The molecule has 3 heterocycles. The molecule has 1 aliphatic heterocycles. The lowest BCUT2D eigenvalue weighted by Crippen LogP contribution is -2.43. The molecule has 1 aliphatic rings. The Bertz CT molecular complexity index is 977. The standard InChI is InChI=1S/C20H25N7O/c1-14-7-4-5-9-18(14)27-16(3)19(15(2)23-27)22-20(28)25-11-6-8-17(13-25)26-12-10-21-24-26/h4-5,7,9-10,12,17H,6,8,11,13H2,1-3H3,(H,22,28). The molecule has 2 aromatic heterocycles. The van der Waals surface area contributed by atoms with Crippen LogP contribution in [0.4, 0.5) is 10.5 Å². The van der Waals surface area contributed by atoms with Gasteiger partial charge in [0, 0.05) is 19.3 Å². The summed E-state index contributed by atoms with van der Waals surface area (Å²) in [7, 11) is 0. The summed E-state index contributed by atoms with van der Waals surface area (Å²) in [5.74, 6) is 0. The van der Waals surface area contributed by atoms with Gasteiger partial charge in [0.1, 0.15) is 0 Å². The summed E-state index contributed by atoms with van der Waals surface area (Å²) in [5.41, 5.74) is 4.66. The highest BCUT2D eigenvalue weighted by molar-refractivity contribution is 5.90. The number of aryl methyl sites for hydroxylation is 2. The number of benzene rings is 1. The van der Waals surface area contributed by atoms with Gasteiger partial charge in [-0.2, -0.15) is 5.10 Å². The van der Waals surface area contributed by atoms with Crippen LogP contribution in [0.1, 0.15) is 35.8 Å². The number of carbonyl (C=O) groups is 1. The molecule has 0 bridgehead atoms. The third kappa shape index (κ3) is 3.37. The second-order valence-electron chi connectivity index (χ2n) is 7.30. The average Bonchev–Trinajstić information content (AvgIpc) is 3.33. The van der Waals surface area contributed by atoms with E-state index in [9.17, 15) is 4.79 Å². The van der Waals surface area contributed by atoms with Crippen molar-refractivity contribution in [3.05, 3.63) is 53.6 Å². The molecular weight excluding hydrogens is 354 g/mol. The van der Waals surface area contributed by atoms with E-state index >= 15 is 0 Å². The molecule has 1 unspecified atom stereocenters. The summed E-state index contributed by atoms with van der Waals surface area (Å²) in [4.78, 5) is 14.8. The van der Waals surface area contributed by atoms with Gasteiger partial charge in [-0.3, -0.25) is 0 Å². The summed E-state index contributed by atoms with van der Waals surface area (Å²) in [6, 6.07) is 8.17. The Hall–Kier alpha value is -3.16. The van der Waals surface area contributed by atoms with E-state index in [-0.39, 0.29) is 12.1 Å². The van der Waals surface area contributed by atoms with Gasteiger partial charge in [0.2, 0.25) is 0 Å². The van der Waals surface area contributed by atoms with E-state index in [1.807, 2.05) is 52.5 Å². The summed E-state index contributed by atoms with van der Waals surface area (Å²) < 4.78 is 3.74. The van der Waals surface area contributed by atoms with Crippen molar-refractivity contribution >= 4 is 11.7 Å². The van der Waals surface area contributed by atoms with Crippen molar-refractivity contribution < 1.29 is 4.79 Å². The van der Waals surface area contributed by atoms with Gasteiger partial charge in [-0.15, -0.1) is 5.10 Å². The number of rotatable bonds is 3. The van der Waals surface area contributed by atoms with E-state index < -0.39 is 0 Å². The fraction of sp³-hybridized carbons (Fsp3) is 0.400. The number of likely N-dealkylation sites (tertiary alicyclic amines) is 1. The van der Waals surface area contributed by atoms with Gasteiger partial charge >= 0.3 is 6.03 Å². The topological polar surface area (TPSA) is 80.9 Å². The van der Waals surface area contributed by atoms with Crippen LogP contribution in [0.2, 0.25) is 0 Å². The quantitative estimate of drug-likeness (QED) is 0.757. The van der Waals surface area contributed by atoms with Gasteiger partial charge in [0.05, 0.1) is 35.0 Å². The maximum absolute atomic E-state index is 12.9. The Morgan fingerprint density at radius 2 is 2.04 bits per heavy atom. The van der Waals surface area contributed by atoms with Gasteiger partial charge in [-0.1, -0.05) is 23.4 Å². The lowest BCUT2D eigenvalue weighted by molar-refractivity contribution is 0.174. The zero-order valence-electron chi connectivity index (χ0n) is 16.5. The van der Waals surface area contributed by atoms with Crippen LogP contribution < -0.4 is 5.32 Å². The third-order valence-corrected chi connectivity index (χ3v) is 5.37. The molecule has 0 aliphatic carbocycles. The highest BCUT2D eigenvalue weighted by atomic mass is 16.2. The third-order valence-electron chi connectivity index (χ3n) is 5.37. The molecular formula is C20H25N7O. The van der Waals surface area contributed by atoms with E-state index in [0.29, 0.717) is 6.54 Å². The molecule has 1 aromatic carbocycles. The monoisotopic (exact) mass is 379 g/mol. The highest BCUT2D eigenvalue weighted by Crippen LogP contribution is 2.26. The van der Waals surface area contributed by atoms with Gasteiger partial charge < -0.3 is 10.2 Å². The summed E-state index contributed by atoms with van der Waals surface area (Å²) in [5, 5.41) is 15.7. The van der Waals surface area contributed by atoms with Crippen molar-refractivity contribution in [3.8, 4) is 5.69 Å². The Morgan fingerprint density at radius 3 is 2.79 bits per heavy atom. The first-order valence-electron chi connectivity index (χ1n) is 9.58. The molecule has 1 atom stereocenters. The first-order chi connectivity index (χ1) is 13.5. The number of nitrogens with zero attached hydrogens (tertiary/aromatic N) is 6. The summed E-state index contributed by atoms with van der Waals surface area (Å²) >= 11 is 0. The van der Waals surface area contributed by atoms with Crippen LogP contribution in [0.25, 0.3) is 5.69 Å². The van der Waals surface area contributed by atoms with E-state index in [2.05, 4.69) is 33.7 Å². The molecule has 3 aromatic rings. The number of amides is 2. The lowest BCUT2D eigenvalue weighted by Gasteiger charge is -2.32. The number of aromatic nitrogens is 5. The first-order valence-corrected chi connectivity index (χ1v) is 9.58. The molecule has 8 nitrogen and oxygen atoms in total. The molecule has 1 saturated heterocycles. The van der Waals surface area contributed by atoms with E-state index in [4.69, 9.17) is 0 Å². The normalized spacial score (nSPS) is 17.0. The van der Waals surface area contributed by atoms with Gasteiger partial charge in [-0.05, 0) is 45.2 Å². The lowest BCUT2D eigenvalue weighted by atomic mass is 10.1. The average molecular weight is 379 g/mol. The summed E-state index contributed by atoms with van der Waals surface area (Å²) in [6.07, 6.45) is 5.47. The van der Waals surface area contributed by atoms with Crippen LogP contribution >= 0.6 is 0 Å². The predicted molar refractivity (Wildman–Crippen MR) is 107 cm³/mol. The number of para-hydroxylation sites is 1. The molecule has 0 saturated carbocycles. The molecule has 0 radical (unpaired) electrons. The molecule has 4 rings (SSSR count). The maximum Gasteiger partial charge on any atom is 0.322 e. The second-order valence-corrected chi connectivity index (χ2v) is 7.30. The predicted octanol–water partition coefficient (Wildman–Crippen LogP) is 3.26. The van der Waals surface area contributed by atoms with Crippen molar-refractivity contribution in [1.29, 1.82) is 0 Å². The fourth-order valence-corrected chi connectivity index (χ4v) is 3.81. The number of nitrogens with one attached hydrogen (secondary N) is 1. The number of anilines is 1. The number of urea groups is 1. The van der Waals surface area contributed by atoms with Crippen LogP contribution in [0.5, 0.6) is 0 Å². The van der Waals surface area contributed by atoms with Gasteiger partial charge in [0.25, 0.3) is 0 Å². The van der Waals surface area contributed by atoms with E-state index in [1.165, 1.54) is 0 Å². The Labute approximate surface area is 164 Å². The zero-order chi connectivity index (χ0) is 19.7. The minimum Gasteiger partial charge on any atom is -0.322 e. The SMILES string of the molecule is Cc1ccccc1-n1nc(C)c(NC(=O)N2CCCC(n3ccnn3)C2)c1C. The van der Waals surface area contributed by atoms with Gasteiger partial charge in [-0.25, -0.2) is 14.2 Å². The van der Waals surface area contributed by atoms with Gasteiger partial charge in [0.15, 0.2) is 0 Å². The first kappa shape index (κ1) is 18.2. The van der Waals surface area contributed by atoms with Crippen LogP contribution in [0, 0.1) is 20.8 Å². The molecule has 1 N–H and O–H groups in total. The minimum atomic E-state index is -0.0969. The van der Waals surface area contributed by atoms with Crippen molar-refractivity contribution in [3.63, 3.8) is 0 Å². The minimum absolute atomic E-state index is 0.0969. The maximum atomic E-state index is 12.9. The highest BCUT2D eigenvalue weighted by Gasteiger charge is 2.26. The number of hydrogen-bond donors (Lipinski definition) is 1. The second kappa shape index (κ2) is 7.46. The van der Waals surface area contributed by atoms with E-state index in [1.54, 1.807) is 6.20 Å². The van der Waals surface area contributed by atoms with Crippen LogP contribution in [0.3, 0.4) is 0 Å². The zero-order valence-corrected chi connectivity index (χ0v) is 16.5. The van der Waals surface area contributed by atoms with Crippen LogP contribution in [-0.2, 0) is 0 Å². The molecule has 8 heteroatoms.